The molecule has 1 saturated carbocycles. The zero-order valence-corrected chi connectivity index (χ0v) is 18.2. The first-order chi connectivity index (χ1) is 13.2. The van der Waals surface area contributed by atoms with E-state index in [2.05, 4.69) is 19.6 Å². The van der Waals surface area contributed by atoms with Gasteiger partial charge in [-0.2, -0.15) is 0 Å². The van der Waals surface area contributed by atoms with E-state index in [1.165, 1.54) is 51.4 Å². The van der Waals surface area contributed by atoms with Crippen LogP contribution >= 0.6 is 0 Å². The van der Waals surface area contributed by atoms with Gasteiger partial charge in [0.1, 0.15) is 5.82 Å². The lowest BCUT2D eigenvalue weighted by molar-refractivity contribution is 0.298. The van der Waals surface area contributed by atoms with Crippen molar-refractivity contribution in [3.63, 3.8) is 0 Å². The number of rotatable bonds is 9. The molecule has 2 rings (SSSR count). The molecular weight excluding hydrogens is 331 g/mol. The molecule has 0 nitrogen and oxygen atoms in total. The first kappa shape index (κ1) is 23.7. The van der Waals surface area contributed by atoms with Gasteiger partial charge in [-0.25, -0.2) is 4.39 Å². The highest BCUT2D eigenvalue weighted by Gasteiger charge is 2.24. The summed E-state index contributed by atoms with van der Waals surface area (Å²) < 4.78 is 14.6. The average Bonchev–Trinajstić information content (AvgIpc) is 2.71. The summed E-state index contributed by atoms with van der Waals surface area (Å²) >= 11 is 0. The summed E-state index contributed by atoms with van der Waals surface area (Å²) in [6, 6.07) is 5.74. The molecule has 1 heteroatoms. The van der Waals surface area contributed by atoms with Gasteiger partial charge in [-0.3, -0.25) is 0 Å². The fraction of sp³-hybridized carbons (Fsp3) is 0.615. The van der Waals surface area contributed by atoms with E-state index in [9.17, 15) is 4.39 Å². The summed E-state index contributed by atoms with van der Waals surface area (Å²) in [5, 5.41) is 0. The van der Waals surface area contributed by atoms with E-state index in [-0.39, 0.29) is 5.82 Å². The van der Waals surface area contributed by atoms with Gasteiger partial charge in [0, 0.05) is 0 Å². The Labute approximate surface area is 168 Å². The van der Waals surface area contributed by atoms with Gasteiger partial charge in [0.25, 0.3) is 0 Å². The summed E-state index contributed by atoms with van der Waals surface area (Å²) in [7, 11) is 0. The smallest absolute Gasteiger partial charge is 0.127 e. The molecule has 1 aliphatic carbocycles. The van der Waals surface area contributed by atoms with Crippen LogP contribution in [0, 0.1) is 11.7 Å². The monoisotopic (exact) mass is 372 g/mol. The largest absolute Gasteiger partial charge is 0.207 e. The van der Waals surface area contributed by atoms with Crippen LogP contribution in [0.4, 0.5) is 4.39 Å². The summed E-state index contributed by atoms with van der Waals surface area (Å²) in [5.74, 6) is 1.24. The number of allylic oxidation sites excluding steroid dienone is 3. The lowest BCUT2D eigenvalue weighted by atomic mass is 9.76. The average molecular weight is 373 g/mol. The highest BCUT2D eigenvalue weighted by molar-refractivity contribution is 5.73. The van der Waals surface area contributed by atoms with Gasteiger partial charge >= 0.3 is 0 Å². The number of hydrogen-bond donors (Lipinski definition) is 0. The summed E-state index contributed by atoms with van der Waals surface area (Å²) in [4.78, 5) is 0. The molecule has 1 aromatic rings. The summed E-state index contributed by atoms with van der Waals surface area (Å²) in [6.45, 7) is 12.0. The van der Waals surface area contributed by atoms with E-state index in [0.717, 1.165) is 35.5 Å². The molecule has 1 aromatic carbocycles. The van der Waals surface area contributed by atoms with Crippen molar-refractivity contribution in [1.82, 2.24) is 0 Å². The van der Waals surface area contributed by atoms with Gasteiger partial charge in [0.15, 0.2) is 0 Å². The van der Waals surface area contributed by atoms with E-state index in [4.69, 9.17) is 0 Å². The second kappa shape index (κ2) is 13.7. The van der Waals surface area contributed by atoms with Crippen LogP contribution in [-0.2, 0) is 0 Å². The van der Waals surface area contributed by atoms with Gasteiger partial charge in [0.2, 0.25) is 0 Å². The molecule has 0 aromatic heterocycles. The molecule has 0 unspecified atom stereocenters. The minimum Gasteiger partial charge on any atom is -0.207 e. The molecular formula is C26H41F. The first-order valence-electron chi connectivity index (χ1n) is 11.3. The number of benzene rings is 1. The molecule has 0 bridgehead atoms. The molecule has 0 atom stereocenters. The SMILES string of the molecule is C=C/C(=C\C)c1ccc(C2CCC(CCCCCCC)CC2)c(F)c1.CC. The molecule has 1 aliphatic rings. The topological polar surface area (TPSA) is 0 Å². The molecule has 0 spiro atoms. The van der Waals surface area contributed by atoms with Crippen LogP contribution in [0.3, 0.4) is 0 Å². The van der Waals surface area contributed by atoms with Gasteiger partial charge in [-0.1, -0.05) is 90.2 Å². The van der Waals surface area contributed by atoms with Crippen molar-refractivity contribution < 1.29 is 4.39 Å². The Balaban J connectivity index is 0.00000176. The van der Waals surface area contributed by atoms with Crippen LogP contribution in [0.25, 0.3) is 5.57 Å². The maximum atomic E-state index is 14.6. The minimum atomic E-state index is -0.0401. The number of halogens is 1. The molecule has 0 saturated heterocycles. The van der Waals surface area contributed by atoms with E-state index < -0.39 is 0 Å². The second-order valence-electron chi connectivity index (χ2n) is 7.60. The third kappa shape index (κ3) is 7.64. The predicted molar refractivity (Wildman–Crippen MR) is 120 cm³/mol. The van der Waals surface area contributed by atoms with Crippen LogP contribution < -0.4 is 0 Å². The quantitative estimate of drug-likeness (QED) is 0.299. The molecule has 0 radical (unpaired) electrons. The lowest BCUT2D eigenvalue weighted by Crippen LogP contribution is -2.14. The Kier molecular flexibility index (Phi) is 12.1. The molecule has 0 amide bonds. The predicted octanol–water partition coefficient (Wildman–Crippen LogP) is 9.08. The Morgan fingerprint density at radius 2 is 1.74 bits per heavy atom. The Bertz CT molecular complexity index is 562. The maximum absolute atomic E-state index is 14.6. The highest BCUT2D eigenvalue weighted by Crippen LogP contribution is 2.39. The minimum absolute atomic E-state index is 0.0401. The molecule has 0 N–H and O–H groups in total. The molecule has 0 aliphatic heterocycles. The number of hydrogen-bond acceptors (Lipinski definition) is 0. The van der Waals surface area contributed by atoms with E-state index in [1.807, 2.05) is 32.9 Å². The van der Waals surface area contributed by atoms with Crippen molar-refractivity contribution in [2.75, 3.05) is 0 Å². The third-order valence-corrected chi connectivity index (χ3v) is 5.87. The van der Waals surface area contributed by atoms with Gasteiger partial charge in [-0.05, 0) is 67.2 Å². The van der Waals surface area contributed by atoms with Crippen molar-refractivity contribution in [1.29, 1.82) is 0 Å². The Morgan fingerprint density at radius 3 is 2.30 bits per heavy atom. The van der Waals surface area contributed by atoms with Crippen molar-refractivity contribution in [2.24, 2.45) is 5.92 Å². The molecule has 152 valence electrons. The van der Waals surface area contributed by atoms with Gasteiger partial charge in [-0.15, -0.1) is 0 Å². The van der Waals surface area contributed by atoms with Gasteiger partial charge in [0.05, 0.1) is 0 Å². The Hall–Kier alpha value is -1.37. The van der Waals surface area contributed by atoms with Gasteiger partial charge < -0.3 is 0 Å². The normalized spacial score (nSPS) is 20.0. The summed E-state index contributed by atoms with van der Waals surface area (Å²) in [5.41, 5.74) is 2.85. The first-order valence-corrected chi connectivity index (χ1v) is 11.3. The third-order valence-electron chi connectivity index (χ3n) is 5.87. The molecule has 27 heavy (non-hydrogen) atoms. The van der Waals surface area contributed by atoms with Crippen LogP contribution in [0.2, 0.25) is 0 Å². The van der Waals surface area contributed by atoms with Crippen molar-refractivity contribution in [3.8, 4) is 0 Å². The molecule has 1 fully saturated rings. The van der Waals surface area contributed by atoms with Crippen LogP contribution in [-0.4, -0.2) is 0 Å². The van der Waals surface area contributed by atoms with Crippen LogP contribution in [0.5, 0.6) is 0 Å². The van der Waals surface area contributed by atoms with E-state index >= 15 is 0 Å². The maximum Gasteiger partial charge on any atom is 0.127 e. The van der Waals surface area contributed by atoms with Crippen LogP contribution in [0.1, 0.15) is 109 Å². The second-order valence-corrected chi connectivity index (χ2v) is 7.60. The fourth-order valence-corrected chi connectivity index (χ4v) is 4.24. The van der Waals surface area contributed by atoms with E-state index in [0.29, 0.717) is 5.92 Å². The highest BCUT2D eigenvalue weighted by atomic mass is 19.1. The van der Waals surface area contributed by atoms with Crippen molar-refractivity contribution in [2.45, 2.75) is 97.8 Å². The summed E-state index contributed by atoms with van der Waals surface area (Å²) in [6.07, 6.45) is 16.8. The standard InChI is InChI=1S/C24H35F.C2H6/c1-4-7-8-9-10-11-19-12-14-21(15-13-19)23-17-16-22(18-24(23)25)20(5-2)6-3;1-2/h5-6,16-19,21H,2,4,7-15H2,1,3H3;1-2H3/b20-6+;. The Morgan fingerprint density at radius 1 is 1.07 bits per heavy atom. The lowest BCUT2D eigenvalue weighted by Gasteiger charge is -2.29. The molecule has 0 heterocycles. The van der Waals surface area contributed by atoms with E-state index in [1.54, 1.807) is 12.1 Å². The zero-order valence-electron chi connectivity index (χ0n) is 18.2. The van der Waals surface area contributed by atoms with Crippen molar-refractivity contribution in [3.05, 3.63) is 53.9 Å². The van der Waals surface area contributed by atoms with Crippen molar-refractivity contribution >= 4 is 5.57 Å². The number of unbranched alkanes of at least 4 members (excludes halogenated alkanes) is 4. The van der Waals surface area contributed by atoms with Crippen LogP contribution in [0.15, 0.2) is 36.9 Å². The fourth-order valence-electron chi connectivity index (χ4n) is 4.24. The zero-order chi connectivity index (χ0) is 20.1.